The zero-order valence-corrected chi connectivity index (χ0v) is 15.0. The zero-order valence-electron chi connectivity index (χ0n) is 12.0. The van der Waals surface area contributed by atoms with Crippen LogP contribution in [0.4, 0.5) is 5.69 Å². The maximum absolute atomic E-state index is 12.8. The van der Waals surface area contributed by atoms with Gasteiger partial charge in [0.2, 0.25) is 0 Å². The number of halogens is 1. The van der Waals surface area contributed by atoms with Gasteiger partial charge in [0, 0.05) is 16.2 Å². The predicted molar refractivity (Wildman–Crippen MR) is 93.1 cm³/mol. The molecule has 0 fully saturated rings. The van der Waals surface area contributed by atoms with Crippen LogP contribution in [0, 0.1) is 3.57 Å². The maximum Gasteiger partial charge on any atom is 0.265 e. The van der Waals surface area contributed by atoms with Crippen LogP contribution in [0.3, 0.4) is 0 Å². The number of aldehydes is 1. The van der Waals surface area contributed by atoms with Crippen LogP contribution in [0.2, 0.25) is 0 Å². The van der Waals surface area contributed by atoms with Crippen LogP contribution in [-0.4, -0.2) is 28.9 Å². The summed E-state index contributed by atoms with van der Waals surface area (Å²) in [7, 11) is -0.964. The number of ether oxygens (including phenoxy) is 1. The molecule has 5 nitrogen and oxygen atoms in total. The van der Waals surface area contributed by atoms with Gasteiger partial charge in [-0.15, -0.1) is 0 Å². The Morgan fingerprint density at radius 1 is 1.14 bits per heavy atom. The Labute approximate surface area is 143 Å². The third-order valence-electron chi connectivity index (χ3n) is 3.17. The number of para-hydroxylation sites is 1. The summed E-state index contributed by atoms with van der Waals surface area (Å²) in [5.74, 6) is 0.321. The summed E-state index contributed by atoms with van der Waals surface area (Å²) < 4.78 is 32.6. The monoisotopic (exact) mass is 431 g/mol. The molecule has 22 heavy (non-hydrogen) atoms. The van der Waals surface area contributed by atoms with Gasteiger partial charge in [0.1, 0.15) is 16.3 Å². The Balaban J connectivity index is 2.64. The van der Waals surface area contributed by atoms with Crippen LogP contribution in [0.15, 0.2) is 47.4 Å². The molecule has 0 aliphatic rings. The van der Waals surface area contributed by atoms with Crippen molar-refractivity contribution in [2.75, 3.05) is 18.5 Å². The van der Waals surface area contributed by atoms with E-state index in [-0.39, 0.29) is 16.1 Å². The van der Waals surface area contributed by atoms with Gasteiger partial charge in [-0.25, -0.2) is 8.42 Å². The molecule has 2 rings (SSSR count). The molecule has 0 saturated carbocycles. The molecule has 0 amide bonds. The Kier molecular flexibility index (Phi) is 5.07. The summed E-state index contributed by atoms with van der Waals surface area (Å²) in [6.07, 6.45) is 0.611. The standard InChI is InChI=1S/C15H14INO4S/c1-17(15-11(10-18)6-5-8-13(15)21-2)22(19,20)14-9-4-3-7-12(14)16/h3-10H,1-2H3. The minimum atomic E-state index is -3.80. The Bertz CT molecular complexity index is 805. The fourth-order valence-corrected chi connectivity index (χ4v) is 4.58. The van der Waals surface area contributed by atoms with Gasteiger partial charge in [-0.3, -0.25) is 9.10 Å². The molecule has 7 heteroatoms. The second-order valence-corrected chi connectivity index (χ2v) is 7.52. The molecule has 0 spiro atoms. The fourth-order valence-electron chi connectivity index (χ4n) is 2.06. The second kappa shape index (κ2) is 6.66. The van der Waals surface area contributed by atoms with E-state index in [1.807, 2.05) is 22.6 Å². The van der Waals surface area contributed by atoms with Crippen molar-refractivity contribution in [3.8, 4) is 5.75 Å². The van der Waals surface area contributed by atoms with Crippen molar-refractivity contribution < 1.29 is 17.9 Å². The van der Waals surface area contributed by atoms with E-state index in [9.17, 15) is 13.2 Å². The minimum Gasteiger partial charge on any atom is -0.495 e. The molecule has 2 aromatic carbocycles. The first-order chi connectivity index (χ1) is 10.4. The lowest BCUT2D eigenvalue weighted by atomic mass is 10.2. The molecule has 0 N–H and O–H groups in total. The number of hydrogen-bond acceptors (Lipinski definition) is 4. The lowest BCUT2D eigenvalue weighted by molar-refractivity contribution is 0.112. The highest BCUT2D eigenvalue weighted by Gasteiger charge is 2.27. The summed E-state index contributed by atoms with van der Waals surface area (Å²) in [4.78, 5) is 11.4. The van der Waals surface area contributed by atoms with Crippen LogP contribution >= 0.6 is 22.6 Å². The summed E-state index contributed by atoms with van der Waals surface area (Å²) >= 11 is 1.97. The summed E-state index contributed by atoms with van der Waals surface area (Å²) in [6.45, 7) is 0. The first-order valence-corrected chi connectivity index (χ1v) is 8.81. The summed E-state index contributed by atoms with van der Waals surface area (Å²) in [6, 6.07) is 11.5. The molecule has 0 heterocycles. The van der Waals surface area contributed by atoms with E-state index in [4.69, 9.17) is 4.74 Å². The fraction of sp³-hybridized carbons (Fsp3) is 0.133. The zero-order chi connectivity index (χ0) is 16.3. The Morgan fingerprint density at radius 2 is 1.82 bits per heavy atom. The first kappa shape index (κ1) is 16.8. The number of sulfonamides is 1. The number of benzene rings is 2. The quantitative estimate of drug-likeness (QED) is 0.540. The molecular weight excluding hydrogens is 417 g/mol. The SMILES string of the molecule is COc1cccc(C=O)c1N(C)S(=O)(=O)c1ccccc1I. The average molecular weight is 431 g/mol. The van der Waals surface area contributed by atoms with Crippen molar-refractivity contribution in [2.24, 2.45) is 0 Å². The summed E-state index contributed by atoms with van der Waals surface area (Å²) in [5.41, 5.74) is 0.469. The van der Waals surface area contributed by atoms with Crippen molar-refractivity contribution in [1.29, 1.82) is 0 Å². The highest BCUT2D eigenvalue weighted by molar-refractivity contribution is 14.1. The third-order valence-corrected chi connectivity index (χ3v) is 6.29. The van der Waals surface area contributed by atoms with E-state index in [1.54, 1.807) is 36.4 Å². The van der Waals surface area contributed by atoms with Gasteiger partial charge in [-0.05, 0) is 46.9 Å². The number of carbonyl (C=O) groups is 1. The number of nitrogens with zero attached hydrogens (tertiary/aromatic N) is 1. The lowest BCUT2D eigenvalue weighted by Gasteiger charge is -2.23. The first-order valence-electron chi connectivity index (χ1n) is 6.29. The van der Waals surface area contributed by atoms with Crippen LogP contribution < -0.4 is 9.04 Å². The van der Waals surface area contributed by atoms with Gasteiger partial charge in [0.25, 0.3) is 10.0 Å². The largest absolute Gasteiger partial charge is 0.495 e. The predicted octanol–water partition coefficient (Wildman–Crippen LogP) is 2.94. The van der Waals surface area contributed by atoms with Crippen LogP contribution in [0.25, 0.3) is 0 Å². The van der Waals surface area contributed by atoms with E-state index in [1.165, 1.54) is 20.2 Å². The molecule has 0 bridgehead atoms. The van der Waals surface area contributed by atoms with E-state index in [0.29, 0.717) is 15.6 Å². The van der Waals surface area contributed by atoms with Gasteiger partial charge >= 0.3 is 0 Å². The number of carbonyl (C=O) groups excluding carboxylic acids is 1. The van der Waals surface area contributed by atoms with Crippen molar-refractivity contribution in [3.63, 3.8) is 0 Å². The molecule has 2 aromatic rings. The average Bonchev–Trinajstić information content (AvgIpc) is 2.53. The van der Waals surface area contributed by atoms with E-state index >= 15 is 0 Å². The molecule has 0 aliphatic carbocycles. The molecule has 0 saturated heterocycles. The maximum atomic E-state index is 12.8. The van der Waals surface area contributed by atoms with Gasteiger partial charge in [-0.1, -0.05) is 18.2 Å². The number of hydrogen-bond donors (Lipinski definition) is 0. The van der Waals surface area contributed by atoms with Gasteiger partial charge in [0.05, 0.1) is 7.11 Å². The van der Waals surface area contributed by atoms with Crippen molar-refractivity contribution >= 4 is 44.6 Å². The van der Waals surface area contributed by atoms with E-state index in [2.05, 4.69) is 0 Å². The molecule has 0 aromatic heterocycles. The van der Waals surface area contributed by atoms with Crippen LogP contribution in [-0.2, 0) is 10.0 Å². The number of anilines is 1. The Hall–Kier alpha value is -1.61. The molecular formula is C15H14INO4S. The van der Waals surface area contributed by atoms with E-state index in [0.717, 1.165) is 4.31 Å². The molecule has 0 unspecified atom stereocenters. The molecule has 0 atom stereocenters. The molecule has 0 aliphatic heterocycles. The van der Waals surface area contributed by atoms with Gasteiger partial charge in [0.15, 0.2) is 6.29 Å². The Morgan fingerprint density at radius 3 is 2.41 bits per heavy atom. The minimum absolute atomic E-state index is 0.181. The van der Waals surface area contributed by atoms with Gasteiger partial charge in [-0.2, -0.15) is 0 Å². The normalized spacial score (nSPS) is 11.0. The second-order valence-electron chi connectivity index (χ2n) is 4.42. The summed E-state index contributed by atoms with van der Waals surface area (Å²) in [5, 5.41) is 0. The lowest BCUT2D eigenvalue weighted by Crippen LogP contribution is -2.28. The molecule has 0 radical (unpaired) electrons. The number of methoxy groups -OCH3 is 1. The highest BCUT2D eigenvalue weighted by atomic mass is 127. The van der Waals surface area contributed by atoms with Crippen LogP contribution in [0.5, 0.6) is 5.75 Å². The smallest absolute Gasteiger partial charge is 0.265 e. The highest BCUT2D eigenvalue weighted by Crippen LogP contribution is 2.34. The topological polar surface area (TPSA) is 63.7 Å². The number of rotatable bonds is 5. The van der Waals surface area contributed by atoms with Crippen LogP contribution in [0.1, 0.15) is 10.4 Å². The van der Waals surface area contributed by atoms with Crippen molar-refractivity contribution in [1.82, 2.24) is 0 Å². The van der Waals surface area contributed by atoms with Crippen molar-refractivity contribution in [2.45, 2.75) is 4.90 Å². The van der Waals surface area contributed by atoms with Gasteiger partial charge < -0.3 is 4.74 Å². The molecule has 116 valence electrons. The van der Waals surface area contributed by atoms with E-state index < -0.39 is 10.0 Å². The third kappa shape index (κ3) is 2.95. The van der Waals surface area contributed by atoms with Crippen molar-refractivity contribution in [3.05, 3.63) is 51.6 Å².